The molecular weight excluding hydrogens is 461 g/mol. The van der Waals surface area contributed by atoms with Crippen LogP contribution in [0, 0.1) is 6.92 Å². The Kier molecular flexibility index (Phi) is 6.46. The van der Waals surface area contributed by atoms with Crippen molar-refractivity contribution < 1.29 is 27.8 Å². The minimum absolute atomic E-state index is 0.0654. The van der Waals surface area contributed by atoms with Crippen LogP contribution in [0.15, 0.2) is 66.9 Å². The molecule has 35 heavy (non-hydrogen) atoms. The highest BCUT2D eigenvalue weighted by atomic mass is 19.4. The number of ether oxygens (including phenoxy) is 1. The van der Waals surface area contributed by atoms with Crippen molar-refractivity contribution in [2.75, 3.05) is 5.32 Å². The third kappa shape index (κ3) is 5.43. The van der Waals surface area contributed by atoms with Crippen LogP contribution < -0.4 is 10.1 Å². The van der Waals surface area contributed by atoms with Crippen LogP contribution in [0.25, 0.3) is 17.1 Å². The monoisotopic (exact) mass is 482 g/mol. The number of rotatable bonds is 7. The second kappa shape index (κ2) is 9.49. The topological polar surface area (TPSA) is 89.3 Å². The van der Waals surface area contributed by atoms with E-state index in [9.17, 15) is 23.1 Å². The fourth-order valence-corrected chi connectivity index (χ4v) is 3.57. The Hall–Kier alpha value is -4.34. The lowest BCUT2D eigenvalue weighted by atomic mass is 10.1. The number of carboxylic acid groups (broad SMARTS) is 1. The van der Waals surface area contributed by atoms with Crippen molar-refractivity contribution in [1.29, 1.82) is 0 Å². The van der Waals surface area contributed by atoms with Crippen molar-refractivity contribution in [3.63, 3.8) is 0 Å². The number of carbonyl (C=O) groups is 1. The van der Waals surface area contributed by atoms with E-state index in [1.54, 1.807) is 18.3 Å². The Balaban J connectivity index is 1.81. The maximum atomic E-state index is 12.6. The van der Waals surface area contributed by atoms with Gasteiger partial charge in [0.1, 0.15) is 11.6 Å². The second-order valence-corrected chi connectivity index (χ2v) is 7.71. The number of aromatic nitrogens is 3. The van der Waals surface area contributed by atoms with Crippen molar-refractivity contribution in [1.82, 2.24) is 14.8 Å². The molecule has 0 aliphatic carbocycles. The minimum atomic E-state index is -4.94. The minimum Gasteiger partial charge on any atom is -0.478 e. The molecular formula is C25H21F3N4O3. The first-order chi connectivity index (χ1) is 16.6. The van der Waals surface area contributed by atoms with Crippen molar-refractivity contribution in [2.45, 2.75) is 26.6 Å². The van der Waals surface area contributed by atoms with E-state index < -0.39 is 23.6 Å². The highest BCUT2D eigenvalue weighted by molar-refractivity contribution is 5.95. The molecule has 0 aliphatic rings. The summed E-state index contributed by atoms with van der Waals surface area (Å²) in [5.41, 5.74) is 3.07. The van der Waals surface area contributed by atoms with Crippen LogP contribution in [0.3, 0.4) is 0 Å². The molecule has 0 unspecified atom stereocenters. The van der Waals surface area contributed by atoms with Gasteiger partial charge in [-0.3, -0.25) is 0 Å². The Bertz CT molecular complexity index is 1380. The largest absolute Gasteiger partial charge is 0.573 e. The van der Waals surface area contributed by atoms with Gasteiger partial charge in [0.05, 0.1) is 16.9 Å². The van der Waals surface area contributed by atoms with Gasteiger partial charge in [0.2, 0.25) is 0 Å². The number of hydrogen-bond donors (Lipinski definition) is 2. The predicted molar refractivity (Wildman–Crippen MR) is 124 cm³/mol. The van der Waals surface area contributed by atoms with Crippen molar-refractivity contribution in [2.24, 2.45) is 0 Å². The molecule has 0 atom stereocenters. The Morgan fingerprint density at radius 2 is 1.91 bits per heavy atom. The lowest BCUT2D eigenvalue weighted by Crippen LogP contribution is -2.17. The number of anilines is 2. The first-order valence-electron chi connectivity index (χ1n) is 10.7. The molecule has 0 amide bonds. The Morgan fingerprint density at radius 3 is 2.60 bits per heavy atom. The van der Waals surface area contributed by atoms with E-state index in [1.165, 1.54) is 10.7 Å². The van der Waals surface area contributed by atoms with Crippen LogP contribution in [-0.4, -0.2) is 32.2 Å². The van der Waals surface area contributed by atoms with Crippen LogP contribution in [-0.2, 0) is 6.42 Å². The molecule has 2 aromatic carbocycles. The number of benzene rings is 2. The van der Waals surface area contributed by atoms with E-state index in [-0.39, 0.29) is 5.69 Å². The van der Waals surface area contributed by atoms with Crippen LogP contribution >= 0.6 is 0 Å². The molecule has 0 fully saturated rings. The number of aromatic carboxylic acids is 1. The van der Waals surface area contributed by atoms with Crippen LogP contribution in [0.2, 0.25) is 0 Å². The van der Waals surface area contributed by atoms with E-state index >= 15 is 0 Å². The summed E-state index contributed by atoms with van der Waals surface area (Å²) in [6, 6.07) is 16.3. The van der Waals surface area contributed by atoms with E-state index in [4.69, 9.17) is 5.10 Å². The molecule has 2 heterocycles. The summed E-state index contributed by atoms with van der Waals surface area (Å²) in [6.45, 7) is 3.90. The zero-order valence-electron chi connectivity index (χ0n) is 18.8. The molecule has 4 aromatic rings. The van der Waals surface area contributed by atoms with Gasteiger partial charge in [0.15, 0.2) is 5.82 Å². The van der Waals surface area contributed by atoms with Gasteiger partial charge in [-0.1, -0.05) is 31.2 Å². The third-order valence-corrected chi connectivity index (χ3v) is 5.24. The molecule has 0 radical (unpaired) electrons. The van der Waals surface area contributed by atoms with Gasteiger partial charge in [-0.25, -0.2) is 9.78 Å². The predicted octanol–water partition coefficient (Wildman–Crippen LogP) is 6.15. The van der Waals surface area contributed by atoms with E-state index in [2.05, 4.69) is 15.0 Å². The number of nitrogens with zero attached hydrogens (tertiary/aromatic N) is 3. The highest BCUT2D eigenvalue weighted by Crippen LogP contribution is 2.32. The molecule has 0 saturated heterocycles. The number of aryl methyl sites for hydroxylation is 2. The van der Waals surface area contributed by atoms with Gasteiger partial charge < -0.3 is 15.2 Å². The fourth-order valence-electron chi connectivity index (χ4n) is 3.57. The summed E-state index contributed by atoms with van der Waals surface area (Å²) in [5, 5.41) is 17.3. The third-order valence-electron chi connectivity index (χ3n) is 5.24. The molecule has 2 aromatic heterocycles. The molecule has 0 aliphatic heterocycles. The van der Waals surface area contributed by atoms with E-state index in [1.807, 2.05) is 44.2 Å². The molecule has 0 bridgehead atoms. The van der Waals surface area contributed by atoms with Gasteiger partial charge in [-0.05, 0) is 54.8 Å². The van der Waals surface area contributed by atoms with E-state index in [0.717, 1.165) is 35.2 Å². The average Bonchev–Trinajstić information content (AvgIpc) is 3.23. The standard InChI is InChI=1S/C25H21F3N4O3/c1-3-16-7-4-8-17(12-16)21-14-22(32(31-21)23-15(2)6-5-11-29-23)30-20-10-9-18(35-25(26,27)28)13-19(20)24(33)34/h4-14,30H,3H2,1-2H3,(H,33,34). The van der Waals surface area contributed by atoms with Gasteiger partial charge in [-0.15, -0.1) is 13.2 Å². The molecule has 10 heteroatoms. The van der Waals surface area contributed by atoms with Crippen LogP contribution in [0.4, 0.5) is 24.7 Å². The van der Waals surface area contributed by atoms with Gasteiger partial charge in [0.25, 0.3) is 0 Å². The number of nitrogens with one attached hydrogen (secondary N) is 1. The first kappa shape index (κ1) is 23.8. The Morgan fingerprint density at radius 1 is 1.11 bits per heavy atom. The molecule has 2 N–H and O–H groups in total. The van der Waals surface area contributed by atoms with Crippen molar-refractivity contribution >= 4 is 17.5 Å². The molecule has 7 nitrogen and oxygen atoms in total. The summed E-state index contributed by atoms with van der Waals surface area (Å²) < 4.78 is 43.3. The van der Waals surface area contributed by atoms with Crippen molar-refractivity contribution in [3.8, 4) is 22.8 Å². The zero-order valence-corrected chi connectivity index (χ0v) is 18.8. The SMILES string of the molecule is CCc1cccc(-c2cc(Nc3ccc(OC(F)(F)F)cc3C(=O)O)n(-c3ncccc3C)n2)c1. The number of carboxylic acids is 1. The first-order valence-corrected chi connectivity index (χ1v) is 10.7. The number of pyridine rings is 1. The summed E-state index contributed by atoms with van der Waals surface area (Å²) >= 11 is 0. The van der Waals surface area contributed by atoms with Gasteiger partial charge >= 0.3 is 12.3 Å². The van der Waals surface area contributed by atoms with Crippen LogP contribution in [0.5, 0.6) is 5.75 Å². The smallest absolute Gasteiger partial charge is 0.478 e. The summed E-state index contributed by atoms with van der Waals surface area (Å²) in [7, 11) is 0. The molecule has 0 spiro atoms. The lowest BCUT2D eigenvalue weighted by molar-refractivity contribution is -0.274. The zero-order chi connectivity index (χ0) is 25.2. The molecule has 180 valence electrons. The van der Waals surface area contributed by atoms with Gasteiger partial charge in [0, 0.05) is 17.8 Å². The summed E-state index contributed by atoms with van der Waals surface area (Å²) in [5.74, 6) is -1.15. The van der Waals surface area contributed by atoms with Gasteiger partial charge in [-0.2, -0.15) is 9.78 Å². The lowest BCUT2D eigenvalue weighted by Gasteiger charge is -2.14. The summed E-state index contributed by atoms with van der Waals surface area (Å²) in [6.07, 6.45) is -2.49. The number of halogens is 3. The maximum Gasteiger partial charge on any atom is 0.573 e. The number of hydrogen-bond acceptors (Lipinski definition) is 5. The highest BCUT2D eigenvalue weighted by Gasteiger charge is 2.31. The fraction of sp³-hybridized carbons (Fsp3) is 0.160. The maximum absolute atomic E-state index is 12.6. The average molecular weight is 482 g/mol. The quantitative estimate of drug-likeness (QED) is 0.329. The van der Waals surface area contributed by atoms with Crippen LogP contribution in [0.1, 0.15) is 28.4 Å². The van der Waals surface area contributed by atoms with E-state index in [0.29, 0.717) is 17.3 Å². The van der Waals surface area contributed by atoms with Crippen molar-refractivity contribution in [3.05, 3.63) is 83.6 Å². The summed E-state index contributed by atoms with van der Waals surface area (Å²) in [4.78, 5) is 16.2. The molecule has 4 rings (SSSR count). The molecule has 0 saturated carbocycles. The second-order valence-electron chi connectivity index (χ2n) is 7.71. The number of alkyl halides is 3. The Labute approximate surface area is 198 Å². The normalized spacial score (nSPS) is 11.3.